The van der Waals surface area contributed by atoms with Crippen molar-refractivity contribution in [2.24, 2.45) is 4.99 Å². The summed E-state index contributed by atoms with van der Waals surface area (Å²) in [7, 11) is 1.68. The van der Waals surface area contributed by atoms with E-state index in [9.17, 15) is 4.39 Å². The van der Waals surface area contributed by atoms with Gasteiger partial charge in [0.15, 0.2) is 5.96 Å². The Balaban J connectivity index is 1.88. The molecule has 124 valence electrons. The van der Waals surface area contributed by atoms with Gasteiger partial charge in [0.25, 0.3) is 0 Å². The Kier molecular flexibility index (Phi) is 6.32. The van der Waals surface area contributed by atoms with Crippen LogP contribution in [-0.4, -0.2) is 19.6 Å². The third kappa shape index (κ3) is 4.82. The monoisotopic (exact) mass is 324 g/mol. The molecule has 0 radical (unpaired) electrons. The van der Waals surface area contributed by atoms with Gasteiger partial charge >= 0.3 is 0 Å². The van der Waals surface area contributed by atoms with Gasteiger partial charge in [0.2, 0.25) is 0 Å². The summed E-state index contributed by atoms with van der Waals surface area (Å²) in [5.74, 6) is 0.549. The first-order valence-corrected chi connectivity index (χ1v) is 7.82. The van der Waals surface area contributed by atoms with Crippen LogP contribution in [0.4, 0.5) is 4.39 Å². The fourth-order valence-electron chi connectivity index (χ4n) is 2.31. The Labute approximate surface area is 142 Å². The van der Waals surface area contributed by atoms with E-state index in [1.165, 1.54) is 11.6 Å². The lowest BCUT2D eigenvalue weighted by molar-refractivity contribution is 0.603. The van der Waals surface area contributed by atoms with E-state index in [4.69, 9.17) is 5.26 Å². The Morgan fingerprint density at radius 1 is 1.21 bits per heavy atom. The van der Waals surface area contributed by atoms with E-state index in [0.29, 0.717) is 29.5 Å². The van der Waals surface area contributed by atoms with Crippen molar-refractivity contribution in [3.05, 3.63) is 71.0 Å². The first-order valence-electron chi connectivity index (χ1n) is 7.82. The van der Waals surface area contributed by atoms with Gasteiger partial charge in [-0.05, 0) is 23.6 Å². The van der Waals surface area contributed by atoms with Gasteiger partial charge in [0.1, 0.15) is 5.82 Å². The number of nitrogens with one attached hydrogen (secondary N) is 2. The Morgan fingerprint density at radius 3 is 2.58 bits per heavy atom. The Hall–Kier alpha value is -2.87. The summed E-state index contributed by atoms with van der Waals surface area (Å²) in [5, 5.41) is 15.1. The van der Waals surface area contributed by atoms with Crippen molar-refractivity contribution in [1.29, 1.82) is 5.26 Å². The standard InChI is InChI=1S/C19H21FN4/c1-14(16-6-4-3-5-7-16)12-23-19(22-2)24-13-17-9-8-15(11-21)10-18(17)20/h3-10,14H,12-13H2,1-2H3,(H2,22,23,24). The van der Waals surface area contributed by atoms with Crippen LogP contribution in [0.3, 0.4) is 0 Å². The molecule has 0 aliphatic heterocycles. The number of guanidine groups is 1. The molecule has 0 aliphatic rings. The molecule has 2 aromatic rings. The molecule has 0 saturated carbocycles. The van der Waals surface area contributed by atoms with Crippen molar-refractivity contribution in [2.75, 3.05) is 13.6 Å². The van der Waals surface area contributed by atoms with Crippen LogP contribution < -0.4 is 10.6 Å². The van der Waals surface area contributed by atoms with E-state index in [-0.39, 0.29) is 0 Å². The maximum atomic E-state index is 13.9. The second-order valence-corrected chi connectivity index (χ2v) is 5.54. The van der Waals surface area contributed by atoms with Crippen LogP contribution >= 0.6 is 0 Å². The molecule has 24 heavy (non-hydrogen) atoms. The number of nitrogens with zero attached hydrogens (tertiary/aromatic N) is 2. The molecule has 0 bridgehead atoms. The quantitative estimate of drug-likeness (QED) is 0.656. The number of halogens is 1. The van der Waals surface area contributed by atoms with Crippen LogP contribution in [0.2, 0.25) is 0 Å². The van der Waals surface area contributed by atoms with Crippen LogP contribution in [0.1, 0.15) is 29.5 Å². The van der Waals surface area contributed by atoms with E-state index in [1.807, 2.05) is 24.3 Å². The highest BCUT2D eigenvalue weighted by molar-refractivity contribution is 5.79. The van der Waals surface area contributed by atoms with E-state index >= 15 is 0 Å². The highest BCUT2D eigenvalue weighted by Crippen LogP contribution is 2.13. The van der Waals surface area contributed by atoms with Gasteiger partial charge < -0.3 is 10.6 Å². The summed E-state index contributed by atoms with van der Waals surface area (Å²) < 4.78 is 13.9. The predicted molar refractivity (Wildman–Crippen MR) is 94.2 cm³/mol. The first kappa shape index (κ1) is 17.5. The normalized spacial score (nSPS) is 12.3. The van der Waals surface area contributed by atoms with E-state index in [1.54, 1.807) is 19.2 Å². The van der Waals surface area contributed by atoms with E-state index < -0.39 is 5.82 Å². The molecule has 1 atom stereocenters. The molecule has 0 saturated heterocycles. The number of hydrogen-bond acceptors (Lipinski definition) is 2. The summed E-state index contributed by atoms with van der Waals surface area (Å²) in [4.78, 5) is 4.15. The van der Waals surface area contributed by atoms with Gasteiger partial charge in [-0.15, -0.1) is 0 Å². The van der Waals surface area contributed by atoms with Crippen LogP contribution in [0.15, 0.2) is 53.5 Å². The van der Waals surface area contributed by atoms with Gasteiger partial charge in [0, 0.05) is 25.7 Å². The summed E-state index contributed by atoms with van der Waals surface area (Å²) >= 11 is 0. The second-order valence-electron chi connectivity index (χ2n) is 5.54. The molecule has 2 rings (SSSR count). The van der Waals surface area contributed by atoms with Crippen molar-refractivity contribution in [3.8, 4) is 6.07 Å². The molecule has 1 unspecified atom stereocenters. The summed E-state index contributed by atoms with van der Waals surface area (Å²) in [6.45, 7) is 3.16. The van der Waals surface area contributed by atoms with E-state index in [0.717, 1.165) is 6.54 Å². The van der Waals surface area contributed by atoms with Crippen molar-refractivity contribution < 1.29 is 4.39 Å². The molecule has 0 aliphatic carbocycles. The molecule has 4 nitrogen and oxygen atoms in total. The fourth-order valence-corrected chi connectivity index (χ4v) is 2.31. The third-order valence-corrected chi connectivity index (χ3v) is 3.80. The van der Waals surface area contributed by atoms with Crippen LogP contribution in [-0.2, 0) is 6.54 Å². The summed E-state index contributed by atoms with van der Waals surface area (Å²) in [6.07, 6.45) is 0. The number of hydrogen-bond donors (Lipinski definition) is 2. The molecule has 0 aromatic heterocycles. The largest absolute Gasteiger partial charge is 0.356 e. The van der Waals surface area contributed by atoms with Gasteiger partial charge in [-0.1, -0.05) is 43.3 Å². The van der Waals surface area contributed by atoms with Gasteiger partial charge in [-0.2, -0.15) is 5.26 Å². The van der Waals surface area contributed by atoms with Crippen molar-refractivity contribution in [3.63, 3.8) is 0 Å². The molecule has 0 amide bonds. The molecular weight excluding hydrogens is 303 g/mol. The molecular formula is C19H21FN4. The van der Waals surface area contributed by atoms with Crippen molar-refractivity contribution in [1.82, 2.24) is 10.6 Å². The number of benzene rings is 2. The lowest BCUT2D eigenvalue weighted by Crippen LogP contribution is -2.38. The molecule has 0 fully saturated rings. The van der Waals surface area contributed by atoms with Crippen LogP contribution in [0.5, 0.6) is 0 Å². The zero-order valence-electron chi connectivity index (χ0n) is 13.9. The summed E-state index contributed by atoms with van der Waals surface area (Å²) in [5.41, 5.74) is 2.06. The number of nitriles is 1. The molecule has 2 aromatic carbocycles. The van der Waals surface area contributed by atoms with Gasteiger partial charge in [-0.3, -0.25) is 4.99 Å². The van der Waals surface area contributed by atoms with Gasteiger partial charge in [0.05, 0.1) is 11.6 Å². The highest BCUT2D eigenvalue weighted by Gasteiger charge is 2.08. The maximum absolute atomic E-state index is 13.9. The smallest absolute Gasteiger partial charge is 0.191 e. The minimum Gasteiger partial charge on any atom is -0.356 e. The Bertz CT molecular complexity index is 735. The lowest BCUT2D eigenvalue weighted by atomic mass is 10.0. The zero-order chi connectivity index (χ0) is 17.4. The molecule has 0 spiro atoms. The minimum atomic E-state index is -0.394. The van der Waals surface area contributed by atoms with Crippen LogP contribution in [0, 0.1) is 17.1 Å². The highest BCUT2D eigenvalue weighted by atomic mass is 19.1. The average Bonchev–Trinajstić information content (AvgIpc) is 2.63. The Morgan fingerprint density at radius 2 is 1.96 bits per heavy atom. The van der Waals surface area contributed by atoms with Crippen molar-refractivity contribution >= 4 is 5.96 Å². The van der Waals surface area contributed by atoms with Crippen LogP contribution in [0.25, 0.3) is 0 Å². The summed E-state index contributed by atoms with van der Waals surface area (Å²) in [6, 6.07) is 16.6. The van der Waals surface area contributed by atoms with Gasteiger partial charge in [-0.25, -0.2) is 4.39 Å². The van der Waals surface area contributed by atoms with E-state index in [2.05, 4.69) is 34.7 Å². The SMILES string of the molecule is CN=C(NCc1ccc(C#N)cc1F)NCC(C)c1ccccc1. The minimum absolute atomic E-state index is 0.303. The molecule has 5 heteroatoms. The number of aliphatic imine (C=N–C) groups is 1. The number of rotatable bonds is 5. The zero-order valence-corrected chi connectivity index (χ0v) is 13.9. The predicted octanol–water partition coefficient (Wildman–Crippen LogP) is 3.17. The molecule has 0 heterocycles. The third-order valence-electron chi connectivity index (χ3n) is 3.80. The second kappa shape index (κ2) is 8.68. The fraction of sp³-hybridized carbons (Fsp3) is 0.263. The lowest BCUT2D eigenvalue weighted by Gasteiger charge is -2.16. The molecule has 2 N–H and O–H groups in total. The topological polar surface area (TPSA) is 60.2 Å². The maximum Gasteiger partial charge on any atom is 0.191 e. The van der Waals surface area contributed by atoms with Crippen molar-refractivity contribution in [2.45, 2.75) is 19.4 Å². The average molecular weight is 324 g/mol. The first-order chi connectivity index (χ1) is 11.6.